The Morgan fingerprint density at radius 3 is 1.57 bits per heavy atom. The molecule has 3 aromatic rings. The molecule has 40 heavy (non-hydrogen) atoms. The third-order valence-corrected chi connectivity index (χ3v) is 11.4. The molecule has 1 aliphatic carbocycles. The maximum Gasteiger partial charge on any atom is 0.432 e. The largest absolute Gasteiger partial charge is 0.444 e. The van der Waals surface area contributed by atoms with Gasteiger partial charge in [0.25, 0.3) is 6.10 Å². The maximum absolute atomic E-state index is 15.7. The smallest absolute Gasteiger partial charge is 0.432 e. The Kier molecular flexibility index (Phi) is 8.72. The fourth-order valence-corrected chi connectivity index (χ4v) is 9.48. The first-order chi connectivity index (χ1) is 18.9. The number of benzene rings is 3. The Bertz CT molecular complexity index is 1330. The summed E-state index contributed by atoms with van der Waals surface area (Å²) in [6.07, 6.45) is -6.60. The van der Waals surface area contributed by atoms with Crippen LogP contribution in [0.25, 0.3) is 0 Å². The highest BCUT2D eigenvalue weighted by Gasteiger charge is 2.68. The van der Waals surface area contributed by atoms with E-state index in [0.717, 1.165) is 0 Å². The monoisotopic (exact) mass is 600 g/mol. The summed E-state index contributed by atoms with van der Waals surface area (Å²) in [6, 6.07) is 22.6. The van der Waals surface area contributed by atoms with Crippen LogP contribution in [0.2, 0.25) is 0 Å². The van der Waals surface area contributed by atoms with Crippen molar-refractivity contribution >= 4 is 26.4 Å². The second-order valence-corrected chi connectivity index (χ2v) is 13.4. The maximum atomic E-state index is 15.7. The number of halogens is 5. The second kappa shape index (κ2) is 11.7. The van der Waals surface area contributed by atoms with Crippen LogP contribution in [0.1, 0.15) is 19.3 Å². The number of esters is 1. The third kappa shape index (κ3) is 5.93. The lowest BCUT2D eigenvalue weighted by atomic mass is 9.95. The average Bonchev–Trinajstić information content (AvgIpc) is 2.95. The molecule has 0 aliphatic heterocycles. The zero-order valence-electron chi connectivity index (χ0n) is 20.8. The van der Waals surface area contributed by atoms with E-state index in [1.807, 2.05) is 0 Å². The van der Waals surface area contributed by atoms with Crippen molar-refractivity contribution in [3.63, 3.8) is 0 Å². The van der Waals surface area contributed by atoms with Gasteiger partial charge in [0.2, 0.25) is 0 Å². The van der Waals surface area contributed by atoms with Crippen molar-refractivity contribution in [2.75, 3.05) is 0 Å². The SMILES string of the molecule is O=C(OC(C(F)(F)F)C(F)(F)S(=O)(=O)OS(c1ccccc1)(c1ccccc1)c1ccccc1)C1CC=CCC1. The highest BCUT2D eigenvalue weighted by molar-refractivity contribution is 8.33. The zero-order valence-corrected chi connectivity index (χ0v) is 22.5. The molecule has 2 atom stereocenters. The van der Waals surface area contributed by atoms with E-state index in [4.69, 9.17) is 3.63 Å². The van der Waals surface area contributed by atoms with Gasteiger partial charge in [-0.15, -0.1) is 0 Å². The minimum Gasteiger partial charge on any atom is -0.444 e. The van der Waals surface area contributed by atoms with Crippen molar-refractivity contribution in [3.8, 4) is 0 Å². The van der Waals surface area contributed by atoms with E-state index >= 15 is 8.78 Å². The summed E-state index contributed by atoms with van der Waals surface area (Å²) >= 11 is 0. The topological polar surface area (TPSA) is 69.7 Å². The fraction of sp³-hybridized carbons (Fsp3) is 0.250. The minimum absolute atomic E-state index is 0.0124. The van der Waals surface area contributed by atoms with Gasteiger partial charge in [-0.05, 0) is 66.0 Å². The molecule has 1 aliphatic rings. The van der Waals surface area contributed by atoms with Crippen molar-refractivity contribution in [3.05, 3.63) is 103 Å². The summed E-state index contributed by atoms with van der Waals surface area (Å²) in [5.74, 6) is -2.67. The Hall–Kier alpha value is -3.22. The van der Waals surface area contributed by atoms with E-state index < -0.39 is 49.8 Å². The molecule has 0 aromatic heterocycles. The number of allylic oxidation sites excluding steroid dienone is 2. The van der Waals surface area contributed by atoms with Gasteiger partial charge >= 0.3 is 27.5 Å². The molecule has 0 spiro atoms. The van der Waals surface area contributed by atoms with Crippen LogP contribution in [0.3, 0.4) is 0 Å². The lowest BCUT2D eigenvalue weighted by Crippen LogP contribution is -2.53. The Morgan fingerprint density at radius 1 is 0.750 bits per heavy atom. The summed E-state index contributed by atoms with van der Waals surface area (Å²) in [7, 11) is -10.0. The van der Waals surface area contributed by atoms with Crippen molar-refractivity contribution < 1.29 is 43.5 Å². The van der Waals surface area contributed by atoms with Gasteiger partial charge in [-0.25, -0.2) is 3.63 Å². The molecular weight excluding hydrogens is 575 g/mol. The number of alkyl halides is 5. The Morgan fingerprint density at radius 2 is 1.20 bits per heavy atom. The molecule has 12 heteroatoms. The lowest BCUT2D eigenvalue weighted by molar-refractivity contribution is -0.260. The number of hydrogen-bond donors (Lipinski definition) is 0. The third-order valence-electron chi connectivity index (χ3n) is 6.19. The lowest BCUT2D eigenvalue weighted by Gasteiger charge is -2.40. The molecular formula is C28H25F5O5S2. The van der Waals surface area contributed by atoms with Crippen molar-refractivity contribution in [2.24, 2.45) is 5.92 Å². The zero-order chi connectivity index (χ0) is 29.0. The standard InChI is InChI=1S/C28H25F5O5S2/c29-27(30,31)26(37-25(34)21-13-5-1-6-14-21)28(32,33)40(35,36)38-39(22-15-7-2-8-16-22,23-17-9-3-10-18-23)24-19-11-4-12-20-24/h1-5,7-12,15-21,26H,6,13-14H2. The molecule has 0 saturated carbocycles. The van der Waals surface area contributed by atoms with Gasteiger partial charge in [-0.2, -0.15) is 30.4 Å². The molecule has 0 saturated heterocycles. The van der Waals surface area contributed by atoms with Crippen LogP contribution in [-0.4, -0.2) is 31.9 Å². The van der Waals surface area contributed by atoms with Crippen molar-refractivity contribution in [1.29, 1.82) is 0 Å². The average molecular weight is 601 g/mol. The first-order valence-corrected chi connectivity index (χ1v) is 15.1. The summed E-state index contributed by atoms with van der Waals surface area (Å²) in [5, 5.41) is -5.69. The van der Waals surface area contributed by atoms with Gasteiger partial charge in [0, 0.05) is 14.7 Å². The Balaban J connectivity index is 1.85. The fourth-order valence-electron chi connectivity index (χ4n) is 4.22. The molecule has 0 bridgehead atoms. The van der Waals surface area contributed by atoms with E-state index in [-0.39, 0.29) is 27.5 Å². The van der Waals surface area contributed by atoms with Gasteiger partial charge in [-0.3, -0.25) is 4.79 Å². The second-order valence-electron chi connectivity index (χ2n) is 8.92. The number of carbonyl (C=O) groups excluding carboxylic acids is 1. The van der Waals surface area contributed by atoms with E-state index in [2.05, 4.69) is 4.74 Å². The number of carbonyl (C=O) groups is 1. The summed E-state index contributed by atoms with van der Waals surface area (Å²) in [4.78, 5) is 12.9. The first-order valence-electron chi connectivity index (χ1n) is 12.1. The first kappa shape index (κ1) is 29.8. The molecule has 2 unspecified atom stereocenters. The Labute approximate surface area is 230 Å². The minimum atomic E-state index is -6.43. The van der Waals surface area contributed by atoms with Gasteiger partial charge < -0.3 is 4.74 Å². The quantitative estimate of drug-likeness (QED) is 0.143. The molecule has 0 fully saturated rings. The van der Waals surface area contributed by atoms with Crippen molar-refractivity contribution in [2.45, 2.75) is 51.5 Å². The van der Waals surface area contributed by atoms with Crippen LogP contribution in [0.5, 0.6) is 0 Å². The normalized spacial score (nSPS) is 17.7. The predicted octanol–water partition coefficient (Wildman–Crippen LogP) is 7.65. The van der Waals surface area contributed by atoms with E-state index in [1.165, 1.54) is 78.9 Å². The van der Waals surface area contributed by atoms with Gasteiger partial charge in [0.1, 0.15) is 0 Å². The molecule has 214 valence electrons. The molecule has 0 heterocycles. The van der Waals surface area contributed by atoms with Crippen LogP contribution in [0.15, 0.2) is 118 Å². The molecule has 3 aromatic carbocycles. The van der Waals surface area contributed by atoms with Gasteiger partial charge in [0.15, 0.2) is 0 Å². The number of hydrogen-bond acceptors (Lipinski definition) is 5. The molecule has 0 amide bonds. The van der Waals surface area contributed by atoms with Crippen LogP contribution in [0.4, 0.5) is 22.0 Å². The van der Waals surface area contributed by atoms with E-state index in [1.54, 1.807) is 24.3 Å². The summed E-state index contributed by atoms with van der Waals surface area (Å²) < 4.78 is 110. The summed E-state index contributed by atoms with van der Waals surface area (Å²) in [5.41, 5.74) is 0. The highest BCUT2D eigenvalue weighted by Crippen LogP contribution is 2.70. The van der Waals surface area contributed by atoms with Gasteiger partial charge in [0.05, 0.1) is 5.92 Å². The summed E-state index contributed by atoms with van der Waals surface area (Å²) in [6.45, 7) is 0. The van der Waals surface area contributed by atoms with E-state index in [9.17, 15) is 26.4 Å². The predicted molar refractivity (Wildman–Crippen MR) is 139 cm³/mol. The number of rotatable bonds is 9. The van der Waals surface area contributed by atoms with Crippen LogP contribution >= 0.6 is 10.3 Å². The van der Waals surface area contributed by atoms with Crippen LogP contribution in [-0.2, 0) is 23.3 Å². The highest BCUT2D eigenvalue weighted by atomic mass is 32.3. The van der Waals surface area contributed by atoms with Crippen LogP contribution in [0, 0.1) is 5.92 Å². The molecule has 4 rings (SSSR count). The van der Waals surface area contributed by atoms with Gasteiger partial charge in [-0.1, -0.05) is 66.7 Å². The van der Waals surface area contributed by atoms with Crippen molar-refractivity contribution in [1.82, 2.24) is 0 Å². The van der Waals surface area contributed by atoms with E-state index in [0.29, 0.717) is 6.42 Å². The number of ether oxygens (including phenoxy) is 1. The molecule has 5 nitrogen and oxygen atoms in total. The molecule has 0 N–H and O–H groups in total. The van der Waals surface area contributed by atoms with Crippen LogP contribution < -0.4 is 0 Å². The molecule has 0 radical (unpaired) electrons.